The molecule has 2 aromatic carbocycles. The number of piperazine rings is 1. The monoisotopic (exact) mass is 443 g/mol. The lowest BCUT2D eigenvalue weighted by atomic mass is 9.96. The van der Waals surface area contributed by atoms with Crippen LogP contribution in [0.15, 0.2) is 48.5 Å². The lowest BCUT2D eigenvalue weighted by molar-refractivity contribution is -0.140. The summed E-state index contributed by atoms with van der Waals surface area (Å²) in [6, 6.07) is 12.8. The molecule has 1 heterocycles. The molecule has 0 spiro atoms. The molecule has 1 atom stereocenters. The Morgan fingerprint density at radius 1 is 0.844 bits per heavy atom. The van der Waals surface area contributed by atoms with E-state index in [0.717, 1.165) is 24.2 Å². The minimum absolute atomic E-state index is 0.110. The summed E-state index contributed by atoms with van der Waals surface area (Å²) in [7, 11) is 0. The molecule has 4 nitrogen and oxygen atoms in total. The molecule has 0 N–H and O–H groups in total. The first-order valence-electron chi connectivity index (χ1n) is 11.6. The van der Waals surface area contributed by atoms with Crippen LogP contribution in [0.4, 0.5) is 8.78 Å². The van der Waals surface area contributed by atoms with Gasteiger partial charge >= 0.3 is 0 Å². The van der Waals surface area contributed by atoms with Crippen LogP contribution in [-0.2, 0) is 4.79 Å². The molecule has 6 heteroatoms. The average Bonchev–Trinajstić information content (AvgIpc) is 2.80. The van der Waals surface area contributed by atoms with Gasteiger partial charge in [-0.25, -0.2) is 8.78 Å². The number of carbonyl (C=O) groups excluding carboxylic acids is 1. The van der Waals surface area contributed by atoms with Gasteiger partial charge in [-0.3, -0.25) is 14.6 Å². The molecular formula is C26H35F2N3O. The lowest BCUT2D eigenvalue weighted by Crippen LogP contribution is -2.56. The van der Waals surface area contributed by atoms with Crippen LogP contribution in [0.3, 0.4) is 0 Å². The van der Waals surface area contributed by atoms with Gasteiger partial charge in [-0.15, -0.1) is 0 Å². The van der Waals surface area contributed by atoms with Gasteiger partial charge in [0.1, 0.15) is 11.6 Å². The number of nitrogens with zero attached hydrogens (tertiary/aromatic N) is 3. The number of hydrogen-bond acceptors (Lipinski definition) is 3. The number of hydrogen-bond donors (Lipinski definition) is 0. The fourth-order valence-electron chi connectivity index (χ4n) is 4.77. The van der Waals surface area contributed by atoms with Gasteiger partial charge in [0.2, 0.25) is 5.91 Å². The van der Waals surface area contributed by atoms with Crippen LogP contribution in [0.2, 0.25) is 0 Å². The predicted octanol–water partition coefficient (Wildman–Crippen LogP) is 4.56. The van der Waals surface area contributed by atoms with Crippen LogP contribution >= 0.6 is 0 Å². The summed E-state index contributed by atoms with van der Waals surface area (Å²) in [4.78, 5) is 19.9. The molecule has 0 aliphatic carbocycles. The quantitative estimate of drug-likeness (QED) is 0.598. The van der Waals surface area contributed by atoms with Crippen molar-refractivity contribution in [2.45, 2.75) is 39.8 Å². The largest absolute Gasteiger partial charge is 0.339 e. The second-order valence-corrected chi connectivity index (χ2v) is 8.78. The van der Waals surface area contributed by atoms with Gasteiger partial charge in [-0.05, 0) is 54.4 Å². The van der Waals surface area contributed by atoms with E-state index >= 15 is 0 Å². The summed E-state index contributed by atoms with van der Waals surface area (Å²) in [5.74, 6) is -0.119. The summed E-state index contributed by atoms with van der Waals surface area (Å²) in [6.07, 6.45) is 0. The van der Waals surface area contributed by atoms with Crippen LogP contribution in [0, 0.1) is 17.6 Å². The third kappa shape index (κ3) is 5.54. The molecule has 1 fully saturated rings. The van der Waals surface area contributed by atoms with E-state index < -0.39 is 0 Å². The van der Waals surface area contributed by atoms with Gasteiger partial charge < -0.3 is 4.90 Å². The number of amides is 1. The Bertz CT molecular complexity index is 812. The van der Waals surface area contributed by atoms with Crippen LogP contribution in [-0.4, -0.2) is 65.9 Å². The molecule has 32 heavy (non-hydrogen) atoms. The summed E-state index contributed by atoms with van der Waals surface area (Å²) >= 11 is 0. The highest BCUT2D eigenvalue weighted by Crippen LogP contribution is 2.30. The van der Waals surface area contributed by atoms with Crippen molar-refractivity contribution in [2.24, 2.45) is 5.92 Å². The number of carbonyl (C=O) groups is 1. The fraction of sp³-hybridized carbons (Fsp3) is 0.500. The molecule has 0 aromatic heterocycles. The highest BCUT2D eigenvalue weighted by atomic mass is 19.1. The number of benzene rings is 2. The van der Waals surface area contributed by atoms with Crippen molar-refractivity contribution >= 4 is 5.91 Å². The second kappa shape index (κ2) is 11.0. The van der Waals surface area contributed by atoms with E-state index in [2.05, 4.69) is 37.5 Å². The summed E-state index contributed by atoms with van der Waals surface area (Å²) in [5.41, 5.74) is 1.92. The molecule has 0 bridgehead atoms. The van der Waals surface area contributed by atoms with Crippen LogP contribution in [0.1, 0.15) is 44.9 Å². The van der Waals surface area contributed by atoms with E-state index in [-0.39, 0.29) is 35.5 Å². The molecule has 3 rings (SSSR count). The Balaban J connectivity index is 1.78. The van der Waals surface area contributed by atoms with E-state index in [1.54, 1.807) is 24.3 Å². The van der Waals surface area contributed by atoms with Crippen molar-refractivity contribution < 1.29 is 13.6 Å². The van der Waals surface area contributed by atoms with Crippen molar-refractivity contribution in [3.8, 4) is 0 Å². The first-order valence-corrected chi connectivity index (χ1v) is 11.6. The standard InChI is InChI=1S/C26H35F2N3O/c1-5-29(6-2)24(19(3)4)26(32)31-17-15-30(16-18-31)25(20-7-11-22(27)12-8-20)21-9-13-23(28)14-10-21/h7-14,19,24-25H,5-6,15-18H2,1-4H3/t24-/m0/s1. The molecule has 1 amide bonds. The maximum Gasteiger partial charge on any atom is 0.240 e. The van der Waals surface area contributed by atoms with Crippen LogP contribution in [0.25, 0.3) is 0 Å². The minimum Gasteiger partial charge on any atom is -0.339 e. The maximum absolute atomic E-state index is 13.5. The van der Waals surface area contributed by atoms with E-state index in [1.165, 1.54) is 24.3 Å². The van der Waals surface area contributed by atoms with Gasteiger partial charge in [0.25, 0.3) is 0 Å². The van der Waals surface area contributed by atoms with Crippen molar-refractivity contribution in [3.05, 3.63) is 71.3 Å². The zero-order valence-corrected chi connectivity index (χ0v) is 19.6. The normalized spacial score (nSPS) is 16.2. The van der Waals surface area contributed by atoms with Gasteiger partial charge in [-0.2, -0.15) is 0 Å². The molecule has 0 unspecified atom stereocenters. The summed E-state index contributed by atoms with van der Waals surface area (Å²) < 4.78 is 27.1. The van der Waals surface area contributed by atoms with Crippen molar-refractivity contribution in [1.82, 2.24) is 14.7 Å². The molecule has 174 valence electrons. The van der Waals surface area contributed by atoms with E-state index in [0.29, 0.717) is 26.2 Å². The molecule has 1 aliphatic rings. The Hall–Kier alpha value is -2.31. The van der Waals surface area contributed by atoms with Gasteiger partial charge in [0.05, 0.1) is 12.1 Å². The number of halogens is 2. The minimum atomic E-state index is -0.279. The van der Waals surface area contributed by atoms with Gasteiger partial charge in [-0.1, -0.05) is 52.0 Å². The number of rotatable bonds is 8. The first-order chi connectivity index (χ1) is 15.3. The zero-order chi connectivity index (χ0) is 23.3. The summed E-state index contributed by atoms with van der Waals surface area (Å²) in [5, 5.41) is 0. The molecule has 1 saturated heterocycles. The van der Waals surface area contributed by atoms with Crippen molar-refractivity contribution in [3.63, 3.8) is 0 Å². The molecule has 1 aliphatic heterocycles. The van der Waals surface area contributed by atoms with E-state index in [1.807, 2.05) is 4.90 Å². The number of likely N-dealkylation sites (N-methyl/N-ethyl adjacent to an activating group) is 1. The molecular weight excluding hydrogens is 408 g/mol. The second-order valence-electron chi connectivity index (χ2n) is 8.78. The van der Waals surface area contributed by atoms with Gasteiger partial charge in [0.15, 0.2) is 0 Å². The Morgan fingerprint density at radius 3 is 1.66 bits per heavy atom. The van der Waals surface area contributed by atoms with E-state index in [9.17, 15) is 13.6 Å². The molecule has 0 radical (unpaired) electrons. The van der Waals surface area contributed by atoms with Crippen molar-refractivity contribution in [1.29, 1.82) is 0 Å². The smallest absolute Gasteiger partial charge is 0.240 e. The van der Waals surface area contributed by atoms with Crippen molar-refractivity contribution in [2.75, 3.05) is 39.3 Å². The maximum atomic E-state index is 13.5. The Labute approximate surface area is 190 Å². The Kier molecular flexibility index (Phi) is 8.38. The third-order valence-corrected chi connectivity index (χ3v) is 6.45. The lowest BCUT2D eigenvalue weighted by Gasteiger charge is -2.42. The fourth-order valence-corrected chi connectivity index (χ4v) is 4.77. The summed E-state index contributed by atoms with van der Waals surface area (Å²) in [6.45, 7) is 12.8. The third-order valence-electron chi connectivity index (χ3n) is 6.45. The van der Waals surface area contributed by atoms with E-state index in [4.69, 9.17) is 0 Å². The van der Waals surface area contributed by atoms with Crippen LogP contribution < -0.4 is 0 Å². The predicted molar refractivity (Wildman–Crippen MR) is 124 cm³/mol. The SMILES string of the molecule is CCN(CC)[C@H](C(=O)N1CCN(C(c2ccc(F)cc2)c2ccc(F)cc2)CC1)C(C)C. The molecule has 2 aromatic rings. The first kappa shape index (κ1) is 24.3. The zero-order valence-electron chi connectivity index (χ0n) is 19.6. The molecule has 0 saturated carbocycles. The highest BCUT2D eigenvalue weighted by Gasteiger charge is 2.34. The average molecular weight is 444 g/mol. The van der Waals surface area contributed by atoms with Gasteiger partial charge in [0, 0.05) is 26.2 Å². The Morgan fingerprint density at radius 2 is 1.28 bits per heavy atom. The topological polar surface area (TPSA) is 26.8 Å². The van der Waals surface area contributed by atoms with Crippen LogP contribution in [0.5, 0.6) is 0 Å². The highest BCUT2D eigenvalue weighted by molar-refractivity contribution is 5.82.